The third-order valence-corrected chi connectivity index (χ3v) is 4.85. The van der Waals surface area contributed by atoms with Gasteiger partial charge in [0.05, 0.1) is 11.9 Å². The Balaban J connectivity index is 1.41. The third kappa shape index (κ3) is 5.92. The number of nitrogens with one attached hydrogen (secondary N) is 3. The number of anilines is 2. The smallest absolute Gasteiger partial charge is 0.320 e. The Bertz CT molecular complexity index is 697. The van der Waals surface area contributed by atoms with Crippen LogP contribution in [0, 0.1) is 0 Å². The van der Waals surface area contributed by atoms with Gasteiger partial charge in [-0.2, -0.15) is 0 Å². The molecule has 2 amide bonds. The van der Waals surface area contributed by atoms with E-state index in [-0.39, 0.29) is 12.1 Å². The van der Waals surface area contributed by atoms with Gasteiger partial charge >= 0.3 is 6.03 Å². The van der Waals surface area contributed by atoms with Crippen LogP contribution in [0.3, 0.4) is 0 Å². The summed E-state index contributed by atoms with van der Waals surface area (Å²) in [4.78, 5) is 16.3. The molecule has 0 atom stereocenters. The molecule has 138 valence electrons. The highest BCUT2D eigenvalue weighted by Gasteiger charge is 2.15. The fourth-order valence-corrected chi connectivity index (χ4v) is 3.29. The highest BCUT2D eigenvalue weighted by molar-refractivity contribution is 6.30. The summed E-state index contributed by atoms with van der Waals surface area (Å²) in [6.45, 7) is 0.804. The molecule has 1 aliphatic carbocycles. The molecule has 1 heterocycles. The molecule has 26 heavy (non-hydrogen) atoms. The van der Waals surface area contributed by atoms with Crippen LogP contribution in [0.4, 0.5) is 16.3 Å². The summed E-state index contributed by atoms with van der Waals surface area (Å²) in [6.07, 6.45) is 8.43. The van der Waals surface area contributed by atoms with E-state index in [1.54, 1.807) is 6.20 Å². The van der Waals surface area contributed by atoms with E-state index in [9.17, 15) is 4.79 Å². The number of carbonyl (C=O) groups is 1. The predicted octanol–water partition coefficient (Wildman–Crippen LogP) is 4.84. The number of benzene rings is 1. The molecule has 0 aliphatic heterocycles. The van der Waals surface area contributed by atoms with Gasteiger partial charge in [-0.05, 0) is 49.1 Å². The first-order valence-corrected chi connectivity index (χ1v) is 9.59. The van der Waals surface area contributed by atoms with Crippen LogP contribution in [-0.2, 0) is 6.42 Å². The van der Waals surface area contributed by atoms with Crippen LogP contribution in [0.15, 0.2) is 42.6 Å². The van der Waals surface area contributed by atoms with Crippen LogP contribution >= 0.6 is 11.6 Å². The zero-order valence-electron chi connectivity index (χ0n) is 14.8. The number of carbonyl (C=O) groups excluding carboxylic acids is 1. The minimum Gasteiger partial charge on any atom is -0.383 e. The lowest BCUT2D eigenvalue weighted by atomic mass is 9.96. The van der Waals surface area contributed by atoms with Crippen molar-refractivity contribution >= 4 is 29.1 Å². The first-order valence-electron chi connectivity index (χ1n) is 9.21. The lowest BCUT2D eigenvalue weighted by Gasteiger charge is -2.22. The first kappa shape index (κ1) is 18.5. The number of amides is 2. The normalized spacial score (nSPS) is 14.7. The Morgan fingerprint density at radius 3 is 2.54 bits per heavy atom. The van der Waals surface area contributed by atoms with E-state index in [0.29, 0.717) is 5.82 Å². The molecule has 1 aromatic heterocycles. The molecule has 1 fully saturated rings. The van der Waals surface area contributed by atoms with Crippen molar-refractivity contribution in [3.05, 3.63) is 53.2 Å². The fraction of sp³-hybridized carbons (Fsp3) is 0.400. The molecule has 0 saturated heterocycles. The molecule has 5 nitrogen and oxygen atoms in total. The molecular weight excluding hydrogens is 348 g/mol. The predicted molar refractivity (Wildman–Crippen MR) is 107 cm³/mol. The van der Waals surface area contributed by atoms with Gasteiger partial charge in [0.15, 0.2) is 0 Å². The Labute approximate surface area is 159 Å². The summed E-state index contributed by atoms with van der Waals surface area (Å²) in [6, 6.07) is 11.7. The maximum absolute atomic E-state index is 12.0. The van der Waals surface area contributed by atoms with Crippen molar-refractivity contribution in [3.8, 4) is 0 Å². The molecule has 1 saturated carbocycles. The molecule has 1 aromatic carbocycles. The maximum Gasteiger partial charge on any atom is 0.320 e. The van der Waals surface area contributed by atoms with Gasteiger partial charge < -0.3 is 10.6 Å². The summed E-state index contributed by atoms with van der Waals surface area (Å²) in [7, 11) is 0. The summed E-state index contributed by atoms with van der Waals surface area (Å²) >= 11 is 5.89. The summed E-state index contributed by atoms with van der Waals surface area (Å²) < 4.78 is 0. The van der Waals surface area contributed by atoms with Crippen molar-refractivity contribution in [2.45, 2.75) is 44.6 Å². The van der Waals surface area contributed by atoms with Crippen LogP contribution in [-0.4, -0.2) is 23.6 Å². The van der Waals surface area contributed by atoms with Crippen LogP contribution in [0.2, 0.25) is 5.02 Å². The van der Waals surface area contributed by atoms with Crippen molar-refractivity contribution in [2.75, 3.05) is 17.2 Å². The number of aromatic nitrogens is 1. The van der Waals surface area contributed by atoms with Crippen LogP contribution in [0.25, 0.3) is 0 Å². The van der Waals surface area contributed by atoms with Gasteiger partial charge in [-0.3, -0.25) is 5.32 Å². The molecule has 1 aliphatic rings. The van der Waals surface area contributed by atoms with Gasteiger partial charge in [-0.25, -0.2) is 9.78 Å². The van der Waals surface area contributed by atoms with Gasteiger partial charge in [0, 0.05) is 17.6 Å². The van der Waals surface area contributed by atoms with E-state index in [1.807, 2.05) is 36.4 Å². The van der Waals surface area contributed by atoms with Gasteiger partial charge in [0.25, 0.3) is 0 Å². The minimum atomic E-state index is -0.173. The Hall–Kier alpha value is -2.27. The number of pyridine rings is 1. The van der Waals surface area contributed by atoms with E-state index in [0.717, 1.165) is 36.5 Å². The second-order valence-corrected chi connectivity index (χ2v) is 7.11. The van der Waals surface area contributed by atoms with E-state index in [1.165, 1.54) is 24.8 Å². The zero-order chi connectivity index (χ0) is 18.2. The molecule has 0 bridgehead atoms. The number of hydrogen-bond donors (Lipinski definition) is 3. The standard InChI is InChI=1S/C20H25ClN4O/c21-16-8-6-15(7-9-16)12-13-22-18-10-11-19(23-14-18)25-20(26)24-17-4-2-1-3-5-17/h6-11,14,17,22H,1-5,12-13H2,(H2,23,24,25,26). The maximum atomic E-state index is 12.0. The number of rotatable bonds is 6. The van der Waals surface area contributed by atoms with Crippen molar-refractivity contribution < 1.29 is 4.79 Å². The largest absolute Gasteiger partial charge is 0.383 e. The third-order valence-electron chi connectivity index (χ3n) is 4.60. The first-order chi connectivity index (χ1) is 12.7. The molecule has 3 rings (SSSR count). The summed E-state index contributed by atoms with van der Waals surface area (Å²) in [5, 5.41) is 9.91. The van der Waals surface area contributed by atoms with Crippen molar-refractivity contribution in [1.29, 1.82) is 0 Å². The van der Waals surface area contributed by atoms with Crippen molar-refractivity contribution in [2.24, 2.45) is 0 Å². The average Bonchev–Trinajstić information content (AvgIpc) is 2.65. The fourth-order valence-electron chi connectivity index (χ4n) is 3.16. The molecule has 3 N–H and O–H groups in total. The van der Waals surface area contributed by atoms with Gasteiger partial charge in [-0.1, -0.05) is 43.0 Å². The van der Waals surface area contributed by atoms with E-state index < -0.39 is 0 Å². The molecule has 0 radical (unpaired) electrons. The quantitative estimate of drug-likeness (QED) is 0.679. The number of hydrogen-bond acceptors (Lipinski definition) is 3. The molecule has 0 unspecified atom stereocenters. The molecule has 2 aromatic rings. The van der Waals surface area contributed by atoms with Gasteiger partial charge in [-0.15, -0.1) is 0 Å². The number of nitrogens with zero attached hydrogens (tertiary/aromatic N) is 1. The highest BCUT2D eigenvalue weighted by atomic mass is 35.5. The van der Waals surface area contributed by atoms with Crippen molar-refractivity contribution in [3.63, 3.8) is 0 Å². The summed E-state index contributed by atoms with van der Waals surface area (Å²) in [5.41, 5.74) is 2.16. The molecular formula is C20H25ClN4O. The second kappa shape index (κ2) is 9.43. The summed E-state index contributed by atoms with van der Waals surface area (Å²) in [5.74, 6) is 0.557. The topological polar surface area (TPSA) is 66.0 Å². The van der Waals surface area contributed by atoms with Crippen LogP contribution in [0.5, 0.6) is 0 Å². The Kier molecular flexibility index (Phi) is 6.72. The monoisotopic (exact) mass is 372 g/mol. The Morgan fingerprint density at radius 2 is 1.85 bits per heavy atom. The van der Waals surface area contributed by atoms with E-state index in [2.05, 4.69) is 20.9 Å². The molecule has 0 spiro atoms. The zero-order valence-corrected chi connectivity index (χ0v) is 15.6. The van der Waals surface area contributed by atoms with Crippen molar-refractivity contribution in [1.82, 2.24) is 10.3 Å². The van der Waals surface area contributed by atoms with Gasteiger partial charge in [0.1, 0.15) is 5.82 Å². The second-order valence-electron chi connectivity index (χ2n) is 6.67. The average molecular weight is 373 g/mol. The SMILES string of the molecule is O=C(Nc1ccc(NCCc2ccc(Cl)cc2)cn1)NC1CCCCC1. The highest BCUT2D eigenvalue weighted by Crippen LogP contribution is 2.17. The van der Waals surface area contributed by atoms with E-state index in [4.69, 9.17) is 11.6 Å². The van der Waals surface area contributed by atoms with E-state index >= 15 is 0 Å². The lowest BCUT2D eigenvalue weighted by molar-refractivity contribution is 0.244. The van der Waals surface area contributed by atoms with Crippen LogP contribution < -0.4 is 16.0 Å². The minimum absolute atomic E-state index is 0.173. The molecule has 6 heteroatoms. The number of halogens is 1. The number of urea groups is 1. The Morgan fingerprint density at radius 1 is 1.08 bits per heavy atom. The lowest BCUT2D eigenvalue weighted by Crippen LogP contribution is -2.39. The van der Waals surface area contributed by atoms with Crippen LogP contribution in [0.1, 0.15) is 37.7 Å². The van der Waals surface area contributed by atoms with Gasteiger partial charge in [0.2, 0.25) is 0 Å².